The van der Waals surface area contributed by atoms with Crippen LogP contribution in [0, 0.1) is 5.92 Å². The van der Waals surface area contributed by atoms with Crippen molar-refractivity contribution < 1.29 is 19.1 Å². The lowest BCUT2D eigenvalue weighted by Crippen LogP contribution is -2.57. The number of nitrogens with zero attached hydrogens (tertiary/aromatic N) is 3. The fourth-order valence-electron chi connectivity index (χ4n) is 4.32. The Morgan fingerprint density at radius 2 is 1.76 bits per heavy atom. The summed E-state index contributed by atoms with van der Waals surface area (Å²) in [6.07, 6.45) is 0. The highest BCUT2D eigenvalue weighted by Crippen LogP contribution is 2.36. The zero-order chi connectivity index (χ0) is 23.2. The number of rotatable bonds is 6. The first-order chi connectivity index (χ1) is 16.1. The highest BCUT2D eigenvalue weighted by Gasteiger charge is 2.43. The number of guanidine groups is 1. The molecule has 2 aromatic carbocycles. The second kappa shape index (κ2) is 10.5. The van der Waals surface area contributed by atoms with Gasteiger partial charge in [-0.05, 0) is 18.6 Å². The molecule has 1 N–H and O–H groups in total. The molecule has 8 nitrogen and oxygen atoms in total. The van der Waals surface area contributed by atoms with E-state index in [2.05, 4.69) is 39.4 Å². The first-order valence-electron chi connectivity index (χ1n) is 11.3. The van der Waals surface area contributed by atoms with Gasteiger partial charge in [0.2, 0.25) is 11.9 Å². The van der Waals surface area contributed by atoms with E-state index in [0.717, 1.165) is 32.7 Å². The third kappa shape index (κ3) is 5.17. The minimum atomic E-state index is -1.07. The normalized spacial score (nSPS) is 21.2. The maximum Gasteiger partial charge on any atom is 0.321 e. The van der Waals surface area contributed by atoms with E-state index in [0.29, 0.717) is 17.3 Å². The molecule has 0 spiro atoms. The number of aliphatic imine (C=N–C) groups is 1. The fraction of sp³-hybridized carbons (Fsp3) is 0.400. The van der Waals surface area contributed by atoms with Crippen LogP contribution < -0.4 is 10.1 Å². The summed E-state index contributed by atoms with van der Waals surface area (Å²) in [7, 11) is 1.57. The van der Waals surface area contributed by atoms with Crippen LogP contribution >= 0.6 is 0 Å². The Labute approximate surface area is 194 Å². The van der Waals surface area contributed by atoms with E-state index in [1.54, 1.807) is 14.0 Å². The number of piperazine rings is 1. The highest BCUT2D eigenvalue weighted by molar-refractivity contribution is 6.08. The van der Waals surface area contributed by atoms with Crippen molar-refractivity contribution in [1.29, 1.82) is 0 Å². The Balaban J connectivity index is 1.54. The molecular formula is C25H30N4O4. The van der Waals surface area contributed by atoms with Crippen molar-refractivity contribution in [1.82, 2.24) is 15.1 Å². The molecule has 2 atom stereocenters. The van der Waals surface area contributed by atoms with E-state index in [9.17, 15) is 9.59 Å². The summed E-state index contributed by atoms with van der Waals surface area (Å²) in [5, 5.41) is 2.85. The van der Waals surface area contributed by atoms with Crippen LogP contribution in [-0.2, 0) is 20.9 Å². The largest absolute Gasteiger partial charge is 0.496 e. The summed E-state index contributed by atoms with van der Waals surface area (Å²) in [6, 6.07) is 17.0. The molecule has 0 unspecified atom stereocenters. The molecule has 174 valence electrons. The number of benzene rings is 2. The van der Waals surface area contributed by atoms with Crippen molar-refractivity contribution in [3.05, 3.63) is 65.7 Å². The Bertz CT molecular complexity index is 1000. The van der Waals surface area contributed by atoms with Crippen LogP contribution in [0.25, 0.3) is 0 Å². The number of nitrogens with one attached hydrogen (secondary N) is 1. The van der Waals surface area contributed by atoms with Crippen molar-refractivity contribution in [3.63, 3.8) is 0 Å². The molecule has 1 amide bonds. The second-order valence-electron chi connectivity index (χ2n) is 8.11. The number of carbonyl (C=O) groups excluding carboxylic acids is 2. The SMILES string of the molecule is CCOC(=O)[C@H]1C(=O)NC(N2CCN(Cc3ccccc3)CC2)=N[C@H]1c1ccccc1OC. The molecule has 0 aromatic heterocycles. The minimum Gasteiger partial charge on any atom is -0.496 e. The lowest BCUT2D eigenvalue weighted by molar-refractivity contribution is -0.153. The summed E-state index contributed by atoms with van der Waals surface area (Å²) in [4.78, 5) is 35.1. The third-order valence-electron chi connectivity index (χ3n) is 6.01. The smallest absolute Gasteiger partial charge is 0.321 e. The van der Waals surface area contributed by atoms with Gasteiger partial charge in [-0.15, -0.1) is 0 Å². The van der Waals surface area contributed by atoms with Crippen LogP contribution in [0.3, 0.4) is 0 Å². The van der Waals surface area contributed by atoms with E-state index in [-0.39, 0.29) is 6.61 Å². The summed E-state index contributed by atoms with van der Waals surface area (Å²) in [6.45, 7) is 5.97. The number of hydrogen-bond donors (Lipinski definition) is 1. The van der Waals surface area contributed by atoms with Crippen LogP contribution in [0.5, 0.6) is 5.75 Å². The van der Waals surface area contributed by atoms with Gasteiger partial charge < -0.3 is 14.4 Å². The maximum atomic E-state index is 13.1. The molecule has 1 fully saturated rings. The van der Waals surface area contributed by atoms with Crippen molar-refractivity contribution in [2.24, 2.45) is 10.9 Å². The monoisotopic (exact) mass is 450 g/mol. The molecule has 0 saturated carbocycles. The quantitative estimate of drug-likeness (QED) is 0.537. The van der Waals surface area contributed by atoms with Gasteiger partial charge in [-0.2, -0.15) is 0 Å². The fourth-order valence-corrected chi connectivity index (χ4v) is 4.32. The van der Waals surface area contributed by atoms with Crippen LogP contribution in [0.1, 0.15) is 24.1 Å². The van der Waals surface area contributed by atoms with Crippen LogP contribution in [0.15, 0.2) is 59.6 Å². The first kappa shape index (κ1) is 22.8. The highest BCUT2D eigenvalue weighted by atomic mass is 16.5. The van der Waals surface area contributed by atoms with E-state index in [4.69, 9.17) is 14.5 Å². The van der Waals surface area contributed by atoms with Gasteiger partial charge in [0.05, 0.1) is 13.7 Å². The second-order valence-corrected chi connectivity index (χ2v) is 8.11. The van der Waals surface area contributed by atoms with Crippen molar-refractivity contribution in [3.8, 4) is 5.75 Å². The molecule has 2 aromatic rings. The third-order valence-corrected chi connectivity index (χ3v) is 6.01. The van der Waals surface area contributed by atoms with Gasteiger partial charge in [0.25, 0.3) is 0 Å². The Morgan fingerprint density at radius 1 is 1.06 bits per heavy atom. The zero-order valence-corrected chi connectivity index (χ0v) is 19.1. The molecule has 0 bridgehead atoms. The number of hydrogen-bond acceptors (Lipinski definition) is 7. The summed E-state index contributed by atoms with van der Waals surface area (Å²) in [5.74, 6) is -0.968. The Morgan fingerprint density at radius 3 is 2.45 bits per heavy atom. The molecule has 8 heteroatoms. The van der Waals surface area contributed by atoms with Crippen LogP contribution in [0.2, 0.25) is 0 Å². The number of carbonyl (C=O) groups is 2. The molecule has 4 rings (SSSR count). The number of ether oxygens (including phenoxy) is 2. The van der Waals surface area contributed by atoms with Gasteiger partial charge in [0.15, 0.2) is 5.92 Å². The molecule has 1 saturated heterocycles. The van der Waals surface area contributed by atoms with Crippen molar-refractivity contribution in [2.45, 2.75) is 19.5 Å². The van der Waals surface area contributed by atoms with Crippen LogP contribution in [-0.4, -0.2) is 67.5 Å². The zero-order valence-electron chi connectivity index (χ0n) is 19.1. The van der Waals surface area contributed by atoms with Gasteiger partial charge in [0, 0.05) is 38.3 Å². The van der Waals surface area contributed by atoms with E-state index in [1.807, 2.05) is 30.3 Å². The lowest BCUT2D eigenvalue weighted by atomic mass is 9.90. The van der Waals surface area contributed by atoms with Gasteiger partial charge >= 0.3 is 5.97 Å². The molecule has 0 aliphatic carbocycles. The molecule has 2 aliphatic heterocycles. The Hall–Kier alpha value is -3.39. The molecule has 33 heavy (non-hydrogen) atoms. The average Bonchev–Trinajstić information content (AvgIpc) is 2.84. The number of methoxy groups -OCH3 is 1. The number of esters is 1. The predicted molar refractivity (Wildman–Crippen MR) is 125 cm³/mol. The van der Waals surface area contributed by atoms with Gasteiger partial charge in [-0.1, -0.05) is 48.5 Å². The average molecular weight is 451 g/mol. The first-order valence-corrected chi connectivity index (χ1v) is 11.3. The standard InChI is InChI=1S/C25H30N4O4/c1-3-33-24(31)21-22(19-11-7-8-12-20(19)32-2)26-25(27-23(21)30)29-15-13-28(14-16-29)17-18-9-5-4-6-10-18/h4-12,21-22H,3,13-17H2,1-2H3,(H,26,27,30)/t21-,22+/m1/s1. The minimum absolute atomic E-state index is 0.196. The molecule has 2 heterocycles. The van der Waals surface area contributed by atoms with Crippen LogP contribution in [0.4, 0.5) is 0 Å². The van der Waals surface area contributed by atoms with Crippen molar-refractivity contribution in [2.75, 3.05) is 39.9 Å². The van der Waals surface area contributed by atoms with Gasteiger partial charge in [-0.25, -0.2) is 4.99 Å². The van der Waals surface area contributed by atoms with Gasteiger partial charge in [-0.3, -0.25) is 19.8 Å². The lowest BCUT2D eigenvalue weighted by Gasteiger charge is -2.39. The summed E-state index contributed by atoms with van der Waals surface area (Å²) < 4.78 is 10.7. The van der Waals surface area contributed by atoms with Crippen molar-refractivity contribution >= 4 is 17.8 Å². The predicted octanol–water partition coefficient (Wildman–Crippen LogP) is 2.22. The van der Waals surface area contributed by atoms with E-state index in [1.165, 1.54) is 5.56 Å². The number of amides is 1. The molecule has 2 aliphatic rings. The summed E-state index contributed by atoms with van der Waals surface area (Å²) in [5.41, 5.74) is 1.97. The Kier molecular flexibility index (Phi) is 7.24. The molecule has 0 radical (unpaired) electrons. The van der Waals surface area contributed by atoms with E-state index < -0.39 is 23.8 Å². The number of para-hydroxylation sites is 1. The van der Waals surface area contributed by atoms with E-state index >= 15 is 0 Å². The molecular weight excluding hydrogens is 420 g/mol. The summed E-state index contributed by atoms with van der Waals surface area (Å²) >= 11 is 0. The maximum absolute atomic E-state index is 13.1. The topological polar surface area (TPSA) is 83.5 Å². The van der Waals surface area contributed by atoms with Gasteiger partial charge in [0.1, 0.15) is 11.8 Å².